The molecule has 0 saturated carbocycles. The molecular formula is C26H38N2. The molecule has 0 aromatic carbocycles. The molecule has 152 valence electrons. The predicted molar refractivity (Wildman–Crippen MR) is 126 cm³/mol. The highest BCUT2D eigenvalue weighted by Gasteiger charge is 2.10. The van der Waals surface area contributed by atoms with E-state index in [1.165, 1.54) is 30.7 Å². The van der Waals surface area contributed by atoms with Crippen LogP contribution in [0, 0.1) is 12.8 Å². The number of hydrogen-bond acceptors (Lipinski definition) is 1. The van der Waals surface area contributed by atoms with Gasteiger partial charge in [0.2, 0.25) is 0 Å². The Balaban J connectivity index is 0.00000420. The quantitative estimate of drug-likeness (QED) is 0.365. The van der Waals surface area contributed by atoms with Gasteiger partial charge in [-0.25, -0.2) is 0 Å². The number of nitrogens with zero attached hydrogens (tertiary/aromatic N) is 1. The van der Waals surface area contributed by atoms with Gasteiger partial charge in [0.25, 0.3) is 0 Å². The van der Waals surface area contributed by atoms with E-state index < -0.39 is 0 Å². The van der Waals surface area contributed by atoms with Crippen molar-refractivity contribution in [1.29, 1.82) is 0 Å². The first-order valence-corrected chi connectivity index (χ1v) is 10.4. The Morgan fingerprint density at radius 3 is 2.64 bits per heavy atom. The largest absolute Gasteiger partial charge is 0.388 e. The summed E-state index contributed by atoms with van der Waals surface area (Å²) in [5.41, 5.74) is 6.90. The average molecular weight is 379 g/mol. The van der Waals surface area contributed by atoms with Gasteiger partial charge in [0, 0.05) is 32.1 Å². The summed E-state index contributed by atoms with van der Waals surface area (Å²) < 4.78 is 2.18. The maximum absolute atomic E-state index is 4.32. The van der Waals surface area contributed by atoms with Gasteiger partial charge in [-0.05, 0) is 86.5 Å². The van der Waals surface area contributed by atoms with Crippen molar-refractivity contribution in [3.05, 3.63) is 90.0 Å². The fourth-order valence-corrected chi connectivity index (χ4v) is 3.59. The van der Waals surface area contributed by atoms with Crippen LogP contribution in [0.15, 0.2) is 78.6 Å². The van der Waals surface area contributed by atoms with E-state index in [1.54, 1.807) is 0 Å². The minimum atomic E-state index is 0. The molecule has 0 radical (unpaired) electrons. The van der Waals surface area contributed by atoms with Crippen molar-refractivity contribution < 1.29 is 1.43 Å². The third-order valence-electron chi connectivity index (χ3n) is 5.55. The summed E-state index contributed by atoms with van der Waals surface area (Å²) in [7, 11) is 2.08. The van der Waals surface area contributed by atoms with Crippen molar-refractivity contribution in [1.82, 2.24) is 9.88 Å². The monoisotopic (exact) mass is 378 g/mol. The Morgan fingerprint density at radius 1 is 1.32 bits per heavy atom. The maximum Gasteiger partial charge on any atom is 0.0473 e. The third-order valence-corrected chi connectivity index (χ3v) is 5.55. The molecule has 1 atom stereocenters. The normalized spacial score (nSPS) is 18.3. The van der Waals surface area contributed by atoms with Crippen LogP contribution >= 0.6 is 0 Å². The van der Waals surface area contributed by atoms with Crippen LogP contribution in [0.4, 0.5) is 0 Å². The Hall–Kier alpha value is -2.48. The fourth-order valence-electron chi connectivity index (χ4n) is 3.59. The number of aromatic nitrogens is 1. The first-order chi connectivity index (χ1) is 13.5. The zero-order valence-corrected chi connectivity index (χ0v) is 18.1. The molecule has 0 amide bonds. The van der Waals surface area contributed by atoms with Gasteiger partial charge < -0.3 is 9.88 Å². The van der Waals surface area contributed by atoms with Gasteiger partial charge in [-0.15, -0.1) is 0 Å². The van der Waals surface area contributed by atoms with Gasteiger partial charge in [0.15, 0.2) is 0 Å². The third kappa shape index (κ3) is 5.76. The lowest BCUT2D eigenvalue weighted by atomic mass is 9.95. The zero-order valence-electron chi connectivity index (χ0n) is 18.1. The van der Waals surface area contributed by atoms with E-state index in [2.05, 4.69) is 93.4 Å². The van der Waals surface area contributed by atoms with E-state index in [0.717, 1.165) is 35.4 Å². The van der Waals surface area contributed by atoms with Gasteiger partial charge >= 0.3 is 0 Å². The average Bonchev–Trinajstić information content (AvgIpc) is 3.05. The lowest BCUT2D eigenvalue weighted by Crippen LogP contribution is -2.22. The fraction of sp³-hybridized carbons (Fsp3) is 0.385. The SMILES string of the molecule is C=CC(=C/C)/C(=C\C(=C)c1ccc(C)n1C)/C=C(\CC)NC[C@H]1C=CCCC1.[HH]. The molecule has 0 fully saturated rings. The van der Waals surface area contributed by atoms with E-state index in [4.69, 9.17) is 0 Å². The molecule has 0 spiro atoms. The van der Waals surface area contributed by atoms with E-state index in [0.29, 0.717) is 5.92 Å². The van der Waals surface area contributed by atoms with E-state index >= 15 is 0 Å². The standard InChI is InChI=1S/C26H36N2.H2/c1-7-23(8-2)24(17-20(4)26-16-15-21(5)28(26)6)18-25(9-3)27-19-22-13-11-10-12-14-22;/h7-8,11,13,15-18,22,27H,1,4,9-10,12,14,19H2,2-3,5-6H3;1H/b23-8-,24-17-,25-18+;/t22-;/m0./s1. The van der Waals surface area contributed by atoms with Crippen molar-refractivity contribution in [2.75, 3.05) is 6.54 Å². The number of rotatable bonds is 9. The minimum absolute atomic E-state index is 0. The summed E-state index contributed by atoms with van der Waals surface area (Å²) in [6.45, 7) is 15.7. The summed E-state index contributed by atoms with van der Waals surface area (Å²) in [4.78, 5) is 0. The highest BCUT2D eigenvalue weighted by Crippen LogP contribution is 2.24. The molecule has 28 heavy (non-hydrogen) atoms. The molecule has 1 aromatic heterocycles. The van der Waals surface area contributed by atoms with Crippen molar-refractivity contribution >= 4 is 5.57 Å². The smallest absolute Gasteiger partial charge is 0.0473 e. The van der Waals surface area contributed by atoms with Gasteiger partial charge in [-0.1, -0.05) is 44.4 Å². The molecule has 1 aromatic rings. The lowest BCUT2D eigenvalue weighted by Gasteiger charge is -2.19. The van der Waals surface area contributed by atoms with Gasteiger partial charge in [-0.2, -0.15) is 0 Å². The molecule has 1 N–H and O–H groups in total. The first kappa shape index (κ1) is 21.8. The summed E-state index contributed by atoms with van der Waals surface area (Å²) in [5.74, 6) is 0.637. The summed E-state index contributed by atoms with van der Waals surface area (Å²) in [6, 6.07) is 4.26. The number of nitrogens with one attached hydrogen (secondary N) is 1. The van der Waals surface area contributed by atoms with Crippen LogP contribution in [0.2, 0.25) is 0 Å². The Labute approximate surface area is 173 Å². The van der Waals surface area contributed by atoms with E-state index in [-0.39, 0.29) is 1.43 Å². The van der Waals surface area contributed by atoms with Gasteiger partial charge in [0.1, 0.15) is 0 Å². The van der Waals surface area contributed by atoms with E-state index in [1.807, 2.05) is 6.08 Å². The molecule has 0 aliphatic heterocycles. The van der Waals surface area contributed by atoms with Crippen molar-refractivity contribution in [2.24, 2.45) is 13.0 Å². The second kappa shape index (κ2) is 10.8. The maximum atomic E-state index is 4.32. The van der Waals surface area contributed by atoms with Crippen LogP contribution in [0.1, 0.15) is 52.3 Å². The number of allylic oxidation sites excluding steroid dienone is 9. The molecule has 2 heteroatoms. The molecule has 1 aliphatic rings. The summed E-state index contributed by atoms with van der Waals surface area (Å²) in [6.07, 6.45) is 17.9. The zero-order chi connectivity index (χ0) is 20.5. The topological polar surface area (TPSA) is 17.0 Å². The second-order valence-electron chi connectivity index (χ2n) is 7.52. The molecule has 1 heterocycles. The van der Waals surface area contributed by atoms with Crippen LogP contribution in [0.3, 0.4) is 0 Å². The first-order valence-electron chi connectivity index (χ1n) is 10.4. The molecule has 0 unspecified atom stereocenters. The van der Waals surface area contributed by atoms with Crippen LogP contribution in [-0.4, -0.2) is 11.1 Å². The van der Waals surface area contributed by atoms with Crippen LogP contribution < -0.4 is 5.32 Å². The highest BCUT2D eigenvalue weighted by molar-refractivity contribution is 5.74. The van der Waals surface area contributed by atoms with Crippen molar-refractivity contribution in [3.8, 4) is 0 Å². The molecule has 0 saturated heterocycles. The molecule has 0 bridgehead atoms. The highest BCUT2D eigenvalue weighted by atomic mass is 14.9. The Kier molecular flexibility index (Phi) is 8.38. The summed E-state index contributed by atoms with van der Waals surface area (Å²) >= 11 is 0. The Bertz CT molecular complexity index is 818. The van der Waals surface area contributed by atoms with Crippen molar-refractivity contribution in [2.45, 2.75) is 46.5 Å². The minimum Gasteiger partial charge on any atom is -0.388 e. The van der Waals surface area contributed by atoms with Crippen LogP contribution in [0.25, 0.3) is 5.57 Å². The van der Waals surface area contributed by atoms with Crippen LogP contribution in [-0.2, 0) is 7.05 Å². The molecule has 2 rings (SSSR count). The summed E-state index contributed by atoms with van der Waals surface area (Å²) in [5, 5.41) is 3.67. The molecule has 1 aliphatic carbocycles. The lowest BCUT2D eigenvalue weighted by molar-refractivity contribution is 0.513. The van der Waals surface area contributed by atoms with Gasteiger partial charge in [0.05, 0.1) is 0 Å². The number of aryl methyl sites for hydroxylation is 1. The van der Waals surface area contributed by atoms with Crippen LogP contribution in [0.5, 0.6) is 0 Å². The second-order valence-corrected chi connectivity index (χ2v) is 7.52. The molecule has 2 nitrogen and oxygen atoms in total. The van der Waals surface area contributed by atoms with E-state index in [9.17, 15) is 0 Å². The number of hydrogen-bond donors (Lipinski definition) is 1. The van der Waals surface area contributed by atoms with Gasteiger partial charge in [-0.3, -0.25) is 0 Å². The predicted octanol–water partition coefficient (Wildman–Crippen LogP) is 6.89. The molecular weight excluding hydrogens is 340 g/mol. The Morgan fingerprint density at radius 2 is 2.11 bits per heavy atom. The van der Waals surface area contributed by atoms with Crippen molar-refractivity contribution in [3.63, 3.8) is 0 Å².